The van der Waals surface area contributed by atoms with Crippen molar-refractivity contribution in [3.05, 3.63) is 59.6 Å². The molecule has 1 aromatic heterocycles. The molecular formula is C20H19ClN4O4S2. The fraction of sp³-hybridized carbons (Fsp3) is 0.250. The number of hydrogen-bond acceptors (Lipinski definition) is 7. The summed E-state index contributed by atoms with van der Waals surface area (Å²) in [6.45, 7) is 1.19. The molecule has 3 aromatic rings. The minimum atomic E-state index is -3.54. The van der Waals surface area contributed by atoms with Crippen LogP contribution in [0.25, 0.3) is 11.5 Å². The average molecular weight is 479 g/mol. The number of thioether (sulfide) groups is 1. The Hall–Kier alpha value is -2.40. The fourth-order valence-corrected chi connectivity index (χ4v) is 5.35. The van der Waals surface area contributed by atoms with Crippen molar-refractivity contribution in [2.75, 3.05) is 31.9 Å². The van der Waals surface area contributed by atoms with Crippen molar-refractivity contribution in [3.8, 4) is 11.5 Å². The third-order valence-corrected chi connectivity index (χ3v) is 7.76. The van der Waals surface area contributed by atoms with E-state index in [1.165, 1.54) is 4.31 Å². The van der Waals surface area contributed by atoms with Crippen LogP contribution in [0.5, 0.6) is 0 Å². The van der Waals surface area contributed by atoms with Crippen LogP contribution < -0.4 is 0 Å². The maximum atomic E-state index is 12.7. The van der Waals surface area contributed by atoms with Crippen molar-refractivity contribution in [3.63, 3.8) is 0 Å². The molecule has 0 N–H and O–H groups in total. The van der Waals surface area contributed by atoms with E-state index >= 15 is 0 Å². The van der Waals surface area contributed by atoms with E-state index in [2.05, 4.69) is 10.2 Å². The van der Waals surface area contributed by atoms with Gasteiger partial charge in [-0.25, -0.2) is 8.42 Å². The lowest BCUT2D eigenvalue weighted by Gasteiger charge is -2.33. The summed E-state index contributed by atoms with van der Waals surface area (Å²) >= 11 is 7.03. The van der Waals surface area contributed by atoms with Gasteiger partial charge in [0.05, 0.1) is 10.6 Å². The Morgan fingerprint density at radius 2 is 1.68 bits per heavy atom. The SMILES string of the molecule is O=C(CSc1nnc(-c2ccc(Cl)cc2)o1)N1CCN(S(=O)(=O)c2ccccc2)CC1. The van der Waals surface area contributed by atoms with Crippen molar-refractivity contribution >= 4 is 39.3 Å². The second-order valence-corrected chi connectivity index (χ2v) is 10.1. The molecule has 162 valence electrons. The predicted octanol–water partition coefficient (Wildman–Crippen LogP) is 3.02. The second kappa shape index (κ2) is 9.39. The van der Waals surface area contributed by atoms with Gasteiger partial charge in [-0.15, -0.1) is 10.2 Å². The minimum absolute atomic E-state index is 0.104. The van der Waals surface area contributed by atoms with E-state index in [9.17, 15) is 13.2 Å². The smallest absolute Gasteiger partial charge is 0.277 e. The first-order chi connectivity index (χ1) is 14.9. The number of nitrogens with zero attached hydrogens (tertiary/aromatic N) is 4. The molecule has 2 aromatic carbocycles. The van der Waals surface area contributed by atoms with Crippen LogP contribution in [0.3, 0.4) is 0 Å². The summed E-state index contributed by atoms with van der Waals surface area (Å²) in [5.41, 5.74) is 0.742. The Morgan fingerprint density at radius 1 is 1.00 bits per heavy atom. The molecule has 1 aliphatic rings. The van der Waals surface area contributed by atoms with Crippen LogP contribution >= 0.6 is 23.4 Å². The topological polar surface area (TPSA) is 96.6 Å². The molecule has 1 fully saturated rings. The largest absolute Gasteiger partial charge is 0.411 e. The van der Waals surface area contributed by atoms with Gasteiger partial charge in [0.15, 0.2) is 0 Å². The van der Waals surface area contributed by atoms with Crippen molar-refractivity contribution < 1.29 is 17.6 Å². The van der Waals surface area contributed by atoms with E-state index in [4.69, 9.17) is 16.0 Å². The highest BCUT2D eigenvalue weighted by molar-refractivity contribution is 7.99. The first-order valence-electron chi connectivity index (χ1n) is 9.49. The number of hydrogen-bond donors (Lipinski definition) is 0. The monoisotopic (exact) mass is 478 g/mol. The number of sulfonamides is 1. The van der Waals surface area contributed by atoms with Crippen LogP contribution in [0.4, 0.5) is 0 Å². The predicted molar refractivity (Wildman–Crippen MR) is 117 cm³/mol. The first-order valence-corrected chi connectivity index (χ1v) is 12.3. The standard InChI is InChI=1S/C20H19ClN4O4S2/c21-16-8-6-15(7-9-16)19-22-23-20(29-19)30-14-18(26)24-10-12-25(13-11-24)31(27,28)17-4-2-1-3-5-17/h1-9H,10-14H2. The highest BCUT2D eigenvalue weighted by Crippen LogP contribution is 2.25. The Bertz CT molecular complexity index is 1150. The molecule has 31 heavy (non-hydrogen) atoms. The van der Waals surface area contributed by atoms with Gasteiger partial charge in [0.2, 0.25) is 21.8 Å². The molecule has 0 aliphatic carbocycles. The summed E-state index contributed by atoms with van der Waals surface area (Å²) in [5, 5.41) is 8.86. The molecule has 1 saturated heterocycles. The molecular weight excluding hydrogens is 460 g/mol. The number of carbonyl (C=O) groups is 1. The summed E-state index contributed by atoms with van der Waals surface area (Å²) in [6.07, 6.45) is 0. The number of carbonyl (C=O) groups excluding carboxylic acids is 1. The molecule has 1 aliphatic heterocycles. The fourth-order valence-electron chi connectivity index (χ4n) is 3.11. The number of halogens is 1. The number of piperazine rings is 1. The van der Waals surface area contributed by atoms with Crippen LogP contribution in [0.2, 0.25) is 5.02 Å². The molecule has 8 nitrogen and oxygen atoms in total. The molecule has 0 spiro atoms. The maximum absolute atomic E-state index is 12.7. The van der Waals surface area contributed by atoms with Gasteiger partial charge in [0.25, 0.3) is 5.22 Å². The van der Waals surface area contributed by atoms with Gasteiger partial charge in [-0.1, -0.05) is 41.6 Å². The number of benzene rings is 2. The van der Waals surface area contributed by atoms with Gasteiger partial charge in [-0.2, -0.15) is 4.31 Å². The molecule has 11 heteroatoms. The molecule has 0 bridgehead atoms. The normalized spacial score (nSPS) is 15.2. The summed E-state index contributed by atoms with van der Waals surface area (Å²) in [4.78, 5) is 14.5. The molecule has 0 unspecified atom stereocenters. The zero-order valence-electron chi connectivity index (χ0n) is 16.3. The van der Waals surface area contributed by atoms with Gasteiger partial charge in [-0.3, -0.25) is 4.79 Å². The number of rotatable bonds is 6. The number of amides is 1. The quantitative estimate of drug-likeness (QED) is 0.502. The molecule has 0 radical (unpaired) electrons. The van der Waals surface area contributed by atoms with E-state index in [0.717, 1.165) is 17.3 Å². The Kier molecular flexibility index (Phi) is 6.61. The minimum Gasteiger partial charge on any atom is -0.411 e. The van der Waals surface area contributed by atoms with Crippen molar-refractivity contribution in [1.29, 1.82) is 0 Å². The van der Waals surface area contributed by atoms with E-state index < -0.39 is 10.0 Å². The van der Waals surface area contributed by atoms with Crippen LogP contribution in [0.1, 0.15) is 0 Å². The van der Waals surface area contributed by atoms with Gasteiger partial charge in [0.1, 0.15) is 0 Å². The highest BCUT2D eigenvalue weighted by Gasteiger charge is 2.30. The molecule has 0 atom stereocenters. The second-order valence-electron chi connectivity index (χ2n) is 6.77. The lowest BCUT2D eigenvalue weighted by atomic mass is 10.2. The summed E-state index contributed by atoms with van der Waals surface area (Å²) in [7, 11) is -3.54. The van der Waals surface area contributed by atoms with Gasteiger partial charge in [-0.05, 0) is 36.4 Å². The first kappa shape index (κ1) is 21.8. The van der Waals surface area contributed by atoms with Crippen molar-refractivity contribution in [2.45, 2.75) is 10.1 Å². The van der Waals surface area contributed by atoms with E-state index in [-0.39, 0.29) is 29.6 Å². The molecule has 1 amide bonds. The Labute approximate surface area is 189 Å². The van der Waals surface area contributed by atoms with E-state index in [1.807, 2.05) is 0 Å². The van der Waals surface area contributed by atoms with Gasteiger partial charge in [0, 0.05) is 36.8 Å². The van der Waals surface area contributed by atoms with Crippen LogP contribution in [-0.2, 0) is 14.8 Å². The third-order valence-electron chi connectivity index (χ3n) is 4.79. The zero-order chi connectivity index (χ0) is 21.8. The number of aromatic nitrogens is 2. The average Bonchev–Trinajstić information content (AvgIpc) is 3.28. The molecule has 2 heterocycles. The zero-order valence-corrected chi connectivity index (χ0v) is 18.7. The van der Waals surface area contributed by atoms with Crippen molar-refractivity contribution in [1.82, 2.24) is 19.4 Å². The maximum Gasteiger partial charge on any atom is 0.277 e. The Balaban J connectivity index is 1.29. The summed E-state index contributed by atoms with van der Waals surface area (Å²) in [5.74, 6) is 0.382. The van der Waals surface area contributed by atoms with Gasteiger partial charge >= 0.3 is 0 Å². The van der Waals surface area contributed by atoms with Crippen molar-refractivity contribution in [2.24, 2.45) is 0 Å². The summed E-state index contributed by atoms with van der Waals surface area (Å²) in [6, 6.07) is 15.3. The van der Waals surface area contributed by atoms with E-state index in [1.54, 1.807) is 59.5 Å². The highest BCUT2D eigenvalue weighted by atomic mass is 35.5. The lowest BCUT2D eigenvalue weighted by molar-refractivity contribution is -0.129. The van der Waals surface area contributed by atoms with Crippen LogP contribution in [0, 0.1) is 0 Å². The third kappa shape index (κ3) is 5.09. The van der Waals surface area contributed by atoms with Crippen LogP contribution in [-0.4, -0.2) is 65.7 Å². The van der Waals surface area contributed by atoms with Gasteiger partial charge < -0.3 is 9.32 Å². The lowest BCUT2D eigenvalue weighted by Crippen LogP contribution is -2.50. The van der Waals surface area contributed by atoms with E-state index in [0.29, 0.717) is 29.2 Å². The Morgan fingerprint density at radius 3 is 2.35 bits per heavy atom. The molecule has 0 saturated carbocycles. The summed E-state index contributed by atoms with van der Waals surface area (Å²) < 4.78 is 32.4. The molecule has 4 rings (SSSR count). The van der Waals surface area contributed by atoms with Crippen LogP contribution in [0.15, 0.2) is 69.1 Å².